The van der Waals surface area contributed by atoms with Gasteiger partial charge in [0.25, 0.3) is 0 Å². The molecule has 0 unspecified atom stereocenters. The average molecular weight is 420 g/mol. The summed E-state index contributed by atoms with van der Waals surface area (Å²) in [5, 5.41) is 1.00. The molecule has 0 amide bonds. The summed E-state index contributed by atoms with van der Waals surface area (Å²) >= 11 is 1.68. The van der Waals surface area contributed by atoms with Gasteiger partial charge in [0, 0.05) is 22.9 Å². The van der Waals surface area contributed by atoms with Crippen LogP contribution in [0.2, 0.25) is 0 Å². The second kappa shape index (κ2) is 6.76. The van der Waals surface area contributed by atoms with Gasteiger partial charge in [0.1, 0.15) is 5.01 Å². The predicted octanol–water partition coefficient (Wildman–Crippen LogP) is 7.47. The van der Waals surface area contributed by atoms with E-state index in [1.165, 1.54) is 22.5 Å². The van der Waals surface area contributed by atoms with E-state index < -0.39 is 0 Å². The number of rotatable bonds is 2. The van der Waals surface area contributed by atoms with Crippen molar-refractivity contribution in [3.8, 4) is 10.6 Å². The summed E-state index contributed by atoms with van der Waals surface area (Å²) in [7, 11) is 0. The van der Waals surface area contributed by atoms with Crippen LogP contribution in [0, 0.1) is 0 Å². The monoisotopic (exact) mass is 419 g/mol. The molecule has 5 aromatic rings. The van der Waals surface area contributed by atoms with Crippen LogP contribution in [0.3, 0.4) is 0 Å². The largest absolute Gasteiger partial charge is 0.310 e. The summed E-state index contributed by atoms with van der Waals surface area (Å²) in [5.41, 5.74) is 8.20. The minimum atomic E-state index is -0.0440. The zero-order chi connectivity index (χ0) is 21.0. The van der Waals surface area contributed by atoms with Crippen LogP contribution < -0.4 is 4.90 Å². The topological polar surface area (TPSA) is 29.0 Å². The van der Waals surface area contributed by atoms with E-state index in [0.717, 1.165) is 26.6 Å². The molecule has 2 aromatic heterocycles. The summed E-state index contributed by atoms with van der Waals surface area (Å²) in [6.07, 6.45) is 1.79. The van der Waals surface area contributed by atoms with Crippen LogP contribution in [-0.2, 0) is 5.41 Å². The van der Waals surface area contributed by atoms with Crippen LogP contribution in [0.15, 0.2) is 91.1 Å². The number of nitrogens with zero attached hydrogens (tertiary/aromatic N) is 3. The fraction of sp³-hybridized carbons (Fsp3) is 0.111. The van der Waals surface area contributed by atoms with Gasteiger partial charge in [-0.3, -0.25) is 0 Å². The molecule has 0 saturated heterocycles. The standard InChI is InChI=1S/C27H21N3S/c1-27(2)20-8-3-5-10-22(20)30(23-11-6-4-9-21(23)27)19-15-13-18(14-16-19)26-29-25-24(31-26)12-7-17-28-25/h3-17H,1-2H3. The molecule has 0 atom stereocenters. The van der Waals surface area contributed by atoms with Crippen molar-refractivity contribution in [2.24, 2.45) is 0 Å². The van der Waals surface area contributed by atoms with E-state index in [1.807, 2.05) is 6.07 Å². The van der Waals surface area contributed by atoms with Gasteiger partial charge >= 0.3 is 0 Å². The van der Waals surface area contributed by atoms with E-state index in [9.17, 15) is 0 Å². The van der Waals surface area contributed by atoms with Crippen molar-refractivity contribution in [2.45, 2.75) is 19.3 Å². The Labute approximate surface area is 185 Å². The first kappa shape index (κ1) is 18.3. The predicted molar refractivity (Wildman–Crippen MR) is 130 cm³/mol. The minimum absolute atomic E-state index is 0.0440. The lowest BCUT2D eigenvalue weighted by Gasteiger charge is -2.42. The van der Waals surface area contributed by atoms with Gasteiger partial charge in [0.05, 0.1) is 16.1 Å². The lowest BCUT2D eigenvalue weighted by Crippen LogP contribution is -2.30. The normalized spacial score (nSPS) is 14.3. The van der Waals surface area contributed by atoms with Gasteiger partial charge in [0.15, 0.2) is 5.65 Å². The molecule has 0 N–H and O–H groups in total. The number of thiazole rings is 1. The maximum atomic E-state index is 4.71. The van der Waals surface area contributed by atoms with Crippen molar-refractivity contribution in [1.82, 2.24) is 9.97 Å². The Bertz CT molecular complexity index is 1330. The molecule has 1 aliphatic rings. The van der Waals surface area contributed by atoms with E-state index in [-0.39, 0.29) is 5.41 Å². The summed E-state index contributed by atoms with van der Waals surface area (Å²) in [5.74, 6) is 0. The maximum Gasteiger partial charge on any atom is 0.170 e. The zero-order valence-corrected chi connectivity index (χ0v) is 18.2. The number of aromatic nitrogens is 2. The van der Waals surface area contributed by atoms with E-state index in [2.05, 4.69) is 103 Å². The fourth-order valence-electron chi connectivity index (χ4n) is 4.59. The third-order valence-electron chi connectivity index (χ3n) is 6.17. The Morgan fingerprint density at radius 1 is 0.742 bits per heavy atom. The molecule has 0 spiro atoms. The number of hydrogen-bond acceptors (Lipinski definition) is 4. The molecule has 6 rings (SSSR count). The first-order valence-corrected chi connectivity index (χ1v) is 11.3. The van der Waals surface area contributed by atoms with Gasteiger partial charge in [-0.05, 0) is 59.7 Å². The Morgan fingerprint density at radius 3 is 2.03 bits per heavy atom. The van der Waals surface area contributed by atoms with Crippen molar-refractivity contribution in [3.05, 3.63) is 102 Å². The van der Waals surface area contributed by atoms with E-state index in [1.54, 1.807) is 17.5 Å². The van der Waals surface area contributed by atoms with Gasteiger partial charge in [-0.15, -0.1) is 11.3 Å². The van der Waals surface area contributed by atoms with Gasteiger partial charge in [-0.25, -0.2) is 9.97 Å². The van der Waals surface area contributed by atoms with Crippen LogP contribution in [-0.4, -0.2) is 9.97 Å². The van der Waals surface area contributed by atoms with E-state index in [0.29, 0.717) is 0 Å². The highest BCUT2D eigenvalue weighted by molar-refractivity contribution is 7.21. The molecule has 4 heteroatoms. The Hall–Kier alpha value is -3.50. The van der Waals surface area contributed by atoms with Crippen molar-refractivity contribution < 1.29 is 0 Å². The molecule has 0 bridgehead atoms. The Balaban J connectivity index is 1.47. The second-order valence-electron chi connectivity index (χ2n) is 8.39. The first-order valence-electron chi connectivity index (χ1n) is 10.4. The van der Waals surface area contributed by atoms with Crippen molar-refractivity contribution in [3.63, 3.8) is 0 Å². The quantitative estimate of drug-likeness (QED) is 0.297. The number of pyridine rings is 1. The molecule has 3 nitrogen and oxygen atoms in total. The minimum Gasteiger partial charge on any atom is -0.310 e. The van der Waals surface area contributed by atoms with Gasteiger partial charge < -0.3 is 4.90 Å². The molecule has 0 fully saturated rings. The summed E-state index contributed by atoms with van der Waals surface area (Å²) in [4.78, 5) is 11.5. The lowest BCUT2D eigenvalue weighted by atomic mass is 9.73. The molecule has 0 radical (unpaired) electrons. The highest BCUT2D eigenvalue weighted by Crippen LogP contribution is 2.51. The number of hydrogen-bond donors (Lipinski definition) is 0. The molecule has 3 aromatic carbocycles. The van der Waals surface area contributed by atoms with Crippen LogP contribution in [0.4, 0.5) is 17.1 Å². The van der Waals surface area contributed by atoms with Crippen molar-refractivity contribution in [1.29, 1.82) is 0 Å². The van der Waals surface area contributed by atoms with Crippen LogP contribution in [0.25, 0.3) is 20.9 Å². The SMILES string of the molecule is CC1(C)c2ccccc2N(c2ccc(-c3nc4ncccc4s3)cc2)c2ccccc21. The zero-order valence-electron chi connectivity index (χ0n) is 17.4. The molecule has 0 aliphatic carbocycles. The molecule has 3 heterocycles. The number of para-hydroxylation sites is 2. The maximum absolute atomic E-state index is 4.71. The number of benzene rings is 3. The van der Waals surface area contributed by atoms with Gasteiger partial charge in [-0.1, -0.05) is 50.2 Å². The van der Waals surface area contributed by atoms with Crippen molar-refractivity contribution >= 4 is 38.7 Å². The number of fused-ring (bicyclic) bond motifs is 3. The molecule has 1 aliphatic heterocycles. The first-order chi connectivity index (χ1) is 15.1. The third-order valence-corrected chi connectivity index (χ3v) is 7.23. The molecule has 31 heavy (non-hydrogen) atoms. The van der Waals surface area contributed by atoms with Crippen LogP contribution in [0.5, 0.6) is 0 Å². The van der Waals surface area contributed by atoms with Gasteiger partial charge in [-0.2, -0.15) is 0 Å². The van der Waals surface area contributed by atoms with Gasteiger partial charge in [0.2, 0.25) is 0 Å². The molecular weight excluding hydrogens is 398 g/mol. The molecule has 150 valence electrons. The van der Waals surface area contributed by atoms with Crippen LogP contribution in [0.1, 0.15) is 25.0 Å². The molecular formula is C27H21N3S. The lowest BCUT2D eigenvalue weighted by molar-refractivity contribution is 0.632. The third kappa shape index (κ3) is 2.79. The van der Waals surface area contributed by atoms with E-state index >= 15 is 0 Å². The highest BCUT2D eigenvalue weighted by atomic mass is 32.1. The number of anilines is 3. The summed E-state index contributed by atoms with van der Waals surface area (Å²) in [6, 6.07) is 30.2. The Morgan fingerprint density at radius 2 is 1.39 bits per heavy atom. The summed E-state index contributed by atoms with van der Waals surface area (Å²) < 4.78 is 1.11. The van der Waals surface area contributed by atoms with Crippen LogP contribution >= 0.6 is 11.3 Å². The Kier molecular flexibility index (Phi) is 3.99. The fourth-order valence-corrected chi connectivity index (χ4v) is 5.52. The summed E-state index contributed by atoms with van der Waals surface area (Å²) in [6.45, 7) is 4.62. The van der Waals surface area contributed by atoms with E-state index in [4.69, 9.17) is 4.98 Å². The smallest absolute Gasteiger partial charge is 0.170 e. The molecule has 0 saturated carbocycles. The second-order valence-corrected chi connectivity index (χ2v) is 9.42. The van der Waals surface area contributed by atoms with Crippen molar-refractivity contribution in [2.75, 3.05) is 4.90 Å². The average Bonchev–Trinajstić information content (AvgIpc) is 3.24. The highest BCUT2D eigenvalue weighted by Gasteiger charge is 2.36.